The number of carboxylic acids is 1. The van der Waals surface area contributed by atoms with Crippen molar-refractivity contribution in [3.63, 3.8) is 0 Å². The van der Waals surface area contributed by atoms with E-state index in [-0.39, 0.29) is 11.8 Å². The van der Waals surface area contributed by atoms with Crippen LogP contribution in [0.5, 0.6) is 0 Å². The molecule has 1 rings (SSSR count). The smallest absolute Gasteiger partial charge is 0.303 e. The highest BCUT2D eigenvalue weighted by Crippen LogP contribution is 2.32. The molecule has 19 heavy (non-hydrogen) atoms. The fraction of sp³-hybridized carbons (Fsp3) is 0.562. The minimum absolute atomic E-state index is 0.157. The Labute approximate surface area is 116 Å². The summed E-state index contributed by atoms with van der Waals surface area (Å²) < 4.78 is 0. The first-order chi connectivity index (χ1) is 8.97. The standard InChI is InChI=1S/C16H25NO2/c1-4-16(2,3)13-9-5-6-10-14(13)17-12-8-7-11-15(18)19/h5-6,9-10,17H,4,7-8,11-12H2,1-3H3,(H,18,19). The lowest BCUT2D eigenvalue weighted by molar-refractivity contribution is -0.137. The highest BCUT2D eigenvalue weighted by molar-refractivity contribution is 5.66. The quantitative estimate of drug-likeness (QED) is 0.696. The maximum atomic E-state index is 10.4. The van der Waals surface area contributed by atoms with E-state index in [1.54, 1.807) is 0 Å². The molecule has 1 aromatic rings. The fourth-order valence-corrected chi connectivity index (χ4v) is 2.04. The zero-order valence-corrected chi connectivity index (χ0v) is 12.2. The number of rotatable bonds is 8. The predicted octanol–water partition coefficient (Wildman–Crippen LogP) is 4.04. The second-order valence-corrected chi connectivity index (χ2v) is 5.56. The second-order valence-electron chi connectivity index (χ2n) is 5.56. The van der Waals surface area contributed by atoms with E-state index in [4.69, 9.17) is 5.11 Å². The number of benzene rings is 1. The lowest BCUT2D eigenvalue weighted by Gasteiger charge is -2.26. The predicted molar refractivity (Wildman–Crippen MR) is 79.7 cm³/mol. The van der Waals surface area contributed by atoms with E-state index in [0.717, 1.165) is 25.8 Å². The van der Waals surface area contributed by atoms with Crippen molar-refractivity contribution in [3.8, 4) is 0 Å². The molecule has 0 spiro atoms. The van der Waals surface area contributed by atoms with Gasteiger partial charge in [-0.25, -0.2) is 0 Å². The number of anilines is 1. The largest absolute Gasteiger partial charge is 0.481 e. The van der Waals surface area contributed by atoms with Crippen LogP contribution < -0.4 is 5.32 Å². The molecule has 0 fully saturated rings. The van der Waals surface area contributed by atoms with E-state index in [0.29, 0.717) is 0 Å². The van der Waals surface area contributed by atoms with Crippen LogP contribution in [0.3, 0.4) is 0 Å². The Morgan fingerprint density at radius 3 is 2.58 bits per heavy atom. The summed E-state index contributed by atoms with van der Waals surface area (Å²) in [6.45, 7) is 7.52. The number of para-hydroxylation sites is 1. The summed E-state index contributed by atoms with van der Waals surface area (Å²) in [5, 5.41) is 12.0. The summed E-state index contributed by atoms with van der Waals surface area (Å²) in [6.07, 6.45) is 2.95. The van der Waals surface area contributed by atoms with Gasteiger partial charge in [0.05, 0.1) is 0 Å². The molecule has 0 aromatic heterocycles. The van der Waals surface area contributed by atoms with Gasteiger partial charge in [0, 0.05) is 18.7 Å². The summed E-state index contributed by atoms with van der Waals surface area (Å²) in [6, 6.07) is 8.38. The molecule has 3 heteroatoms. The van der Waals surface area contributed by atoms with E-state index in [1.165, 1.54) is 11.3 Å². The normalized spacial score (nSPS) is 11.3. The zero-order chi connectivity index (χ0) is 14.3. The molecule has 106 valence electrons. The Bertz CT molecular complexity index is 413. The number of unbranched alkanes of at least 4 members (excludes halogenated alkanes) is 1. The summed E-state index contributed by atoms with van der Waals surface area (Å²) in [5.41, 5.74) is 2.66. The summed E-state index contributed by atoms with van der Waals surface area (Å²) in [7, 11) is 0. The molecule has 0 amide bonds. The van der Waals surface area contributed by atoms with Crippen LogP contribution in [0.2, 0.25) is 0 Å². The molecule has 0 aliphatic rings. The van der Waals surface area contributed by atoms with Crippen molar-refractivity contribution in [2.45, 2.75) is 51.9 Å². The molecule has 3 nitrogen and oxygen atoms in total. The van der Waals surface area contributed by atoms with Gasteiger partial charge < -0.3 is 10.4 Å². The average molecular weight is 263 g/mol. The van der Waals surface area contributed by atoms with Gasteiger partial charge in [0.15, 0.2) is 0 Å². The third-order valence-corrected chi connectivity index (χ3v) is 3.67. The van der Waals surface area contributed by atoms with Gasteiger partial charge in [0.1, 0.15) is 0 Å². The molecule has 0 heterocycles. The number of hydrogen-bond acceptors (Lipinski definition) is 2. The molecule has 0 aliphatic carbocycles. The van der Waals surface area contributed by atoms with Gasteiger partial charge in [0.25, 0.3) is 0 Å². The molecule has 0 radical (unpaired) electrons. The van der Waals surface area contributed by atoms with Crippen molar-refractivity contribution >= 4 is 11.7 Å². The maximum absolute atomic E-state index is 10.4. The number of carbonyl (C=O) groups is 1. The van der Waals surface area contributed by atoms with Crippen molar-refractivity contribution in [2.75, 3.05) is 11.9 Å². The van der Waals surface area contributed by atoms with Crippen molar-refractivity contribution in [1.29, 1.82) is 0 Å². The third-order valence-electron chi connectivity index (χ3n) is 3.67. The number of aliphatic carboxylic acids is 1. The van der Waals surface area contributed by atoms with Crippen LogP contribution in [-0.4, -0.2) is 17.6 Å². The van der Waals surface area contributed by atoms with Crippen molar-refractivity contribution < 1.29 is 9.90 Å². The van der Waals surface area contributed by atoms with Gasteiger partial charge >= 0.3 is 5.97 Å². The molecule has 0 saturated carbocycles. The van der Waals surface area contributed by atoms with E-state index in [2.05, 4.69) is 44.3 Å². The first kappa shape index (κ1) is 15.5. The molecule has 0 aliphatic heterocycles. The number of nitrogens with one attached hydrogen (secondary N) is 1. The molecule has 0 atom stereocenters. The third kappa shape index (κ3) is 4.93. The van der Waals surface area contributed by atoms with Crippen LogP contribution in [0.25, 0.3) is 0 Å². The van der Waals surface area contributed by atoms with Crippen LogP contribution in [0, 0.1) is 0 Å². The van der Waals surface area contributed by atoms with E-state index in [1.807, 2.05) is 6.07 Å². The Kier molecular flexibility index (Phi) is 5.87. The van der Waals surface area contributed by atoms with Crippen LogP contribution in [0.1, 0.15) is 52.0 Å². The minimum atomic E-state index is -0.715. The Hall–Kier alpha value is -1.51. The minimum Gasteiger partial charge on any atom is -0.481 e. The SMILES string of the molecule is CCC(C)(C)c1ccccc1NCCCCC(=O)O. The van der Waals surface area contributed by atoms with Gasteiger partial charge in [-0.3, -0.25) is 4.79 Å². The van der Waals surface area contributed by atoms with Crippen LogP contribution in [-0.2, 0) is 10.2 Å². The van der Waals surface area contributed by atoms with E-state index >= 15 is 0 Å². The molecule has 0 unspecified atom stereocenters. The van der Waals surface area contributed by atoms with Gasteiger partial charge in [-0.05, 0) is 36.3 Å². The molecule has 0 bridgehead atoms. The van der Waals surface area contributed by atoms with Gasteiger partial charge in [-0.1, -0.05) is 39.0 Å². The Morgan fingerprint density at radius 1 is 1.26 bits per heavy atom. The first-order valence-corrected chi connectivity index (χ1v) is 7.02. The number of hydrogen-bond donors (Lipinski definition) is 2. The average Bonchev–Trinajstić information content (AvgIpc) is 2.38. The van der Waals surface area contributed by atoms with Crippen LogP contribution in [0.15, 0.2) is 24.3 Å². The van der Waals surface area contributed by atoms with Crippen LogP contribution >= 0.6 is 0 Å². The lowest BCUT2D eigenvalue weighted by Crippen LogP contribution is -2.18. The summed E-state index contributed by atoms with van der Waals surface area (Å²) >= 11 is 0. The van der Waals surface area contributed by atoms with Crippen molar-refractivity contribution in [3.05, 3.63) is 29.8 Å². The van der Waals surface area contributed by atoms with Gasteiger partial charge in [-0.15, -0.1) is 0 Å². The van der Waals surface area contributed by atoms with Crippen molar-refractivity contribution in [2.24, 2.45) is 0 Å². The maximum Gasteiger partial charge on any atom is 0.303 e. The Balaban J connectivity index is 2.56. The number of carboxylic acid groups (broad SMARTS) is 1. The molecular formula is C16H25NO2. The highest BCUT2D eigenvalue weighted by atomic mass is 16.4. The van der Waals surface area contributed by atoms with Crippen LogP contribution in [0.4, 0.5) is 5.69 Å². The first-order valence-electron chi connectivity index (χ1n) is 7.02. The highest BCUT2D eigenvalue weighted by Gasteiger charge is 2.20. The van der Waals surface area contributed by atoms with Crippen molar-refractivity contribution in [1.82, 2.24) is 0 Å². The lowest BCUT2D eigenvalue weighted by atomic mass is 9.81. The fourth-order valence-electron chi connectivity index (χ4n) is 2.04. The van der Waals surface area contributed by atoms with E-state index < -0.39 is 5.97 Å². The van der Waals surface area contributed by atoms with Gasteiger partial charge in [0.2, 0.25) is 0 Å². The summed E-state index contributed by atoms with van der Waals surface area (Å²) in [4.78, 5) is 10.4. The second kappa shape index (κ2) is 7.17. The Morgan fingerprint density at radius 2 is 1.95 bits per heavy atom. The molecule has 1 aromatic carbocycles. The van der Waals surface area contributed by atoms with Gasteiger partial charge in [-0.2, -0.15) is 0 Å². The summed E-state index contributed by atoms with van der Waals surface area (Å²) in [5.74, 6) is -0.715. The molecule has 0 saturated heterocycles. The topological polar surface area (TPSA) is 49.3 Å². The molecule has 2 N–H and O–H groups in total. The monoisotopic (exact) mass is 263 g/mol. The zero-order valence-electron chi connectivity index (χ0n) is 12.2. The molecular weight excluding hydrogens is 238 g/mol. The van der Waals surface area contributed by atoms with E-state index in [9.17, 15) is 4.79 Å².